The summed E-state index contributed by atoms with van der Waals surface area (Å²) in [6.45, 7) is 6.82. The summed E-state index contributed by atoms with van der Waals surface area (Å²) in [5.74, 6) is -0.548. The van der Waals surface area contributed by atoms with Gasteiger partial charge in [-0.25, -0.2) is 4.39 Å². The molecule has 1 saturated carbocycles. The van der Waals surface area contributed by atoms with Gasteiger partial charge in [-0.3, -0.25) is 14.4 Å². The van der Waals surface area contributed by atoms with Crippen molar-refractivity contribution in [3.05, 3.63) is 35.6 Å². The fraction of sp³-hybridized carbons (Fsp3) is 0.625. The van der Waals surface area contributed by atoms with Gasteiger partial charge in [-0.15, -0.1) is 0 Å². The predicted octanol–water partition coefficient (Wildman–Crippen LogP) is 3.55. The predicted molar refractivity (Wildman–Crippen MR) is 115 cm³/mol. The van der Waals surface area contributed by atoms with Crippen molar-refractivity contribution in [3.8, 4) is 0 Å². The Labute approximate surface area is 183 Å². The zero-order chi connectivity index (χ0) is 22.5. The summed E-state index contributed by atoms with van der Waals surface area (Å²) in [4.78, 5) is 39.3. The lowest BCUT2D eigenvalue weighted by Gasteiger charge is -2.35. The maximum absolute atomic E-state index is 13.1. The van der Waals surface area contributed by atoms with E-state index >= 15 is 0 Å². The highest BCUT2D eigenvalue weighted by atomic mass is 19.1. The van der Waals surface area contributed by atoms with Gasteiger partial charge in [0.1, 0.15) is 5.82 Å². The molecule has 2 amide bonds. The SMILES string of the molecule is C[C@H]1[C@@H](NC(=O)[C@@H](C)OC(=O)C2CCN(C(=O)c3ccc(F)cc3)CC2)CCC[C@@H]1C. The summed E-state index contributed by atoms with van der Waals surface area (Å²) in [6.07, 6.45) is 3.36. The van der Waals surface area contributed by atoms with E-state index in [1.54, 1.807) is 11.8 Å². The molecule has 7 heteroatoms. The second-order valence-electron chi connectivity index (χ2n) is 9.03. The topological polar surface area (TPSA) is 75.7 Å². The number of likely N-dealkylation sites (tertiary alicyclic amines) is 1. The third kappa shape index (κ3) is 5.83. The van der Waals surface area contributed by atoms with Crippen LogP contribution in [0.4, 0.5) is 4.39 Å². The van der Waals surface area contributed by atoms with E-state index in [1.165, 1.54) is 30.7 Å². The van der Waals surface area contributed by atoms with Gasteiger partial charge in [0.15, 0.2) is 6.10 Å². The highest BCUT2D eigenvalue weighted by Gasteiger charge is 2.33. The number of carbonyl (C=O) groups is 3. The van der Waals surface area contributed by atoms with E-state index in [1.807, 2.05) is 0 Å². The largest absolute Gasteiger partial charge is 0.452 e. The number of benzene rings is 1. The van der Waals surface area contributed by atoms with Gasteiger partial charge >= 0.3 is 5.97 Å². The van der Waals surface area contributed by atoms with Gasteiger partial charge in [0, 0.05) is 24.7 Å². The van der Waals surface area contributed by atoms with E-state index < -0.39 is 6.10 Å². The van der Waals surface area contributed by atoms with Gasteiger partial charge in [-0.1, -0.05) is 26.7 Å². The second-order valence-corrected chi connectivity index (χ2v) is 9.03. The van der Waals surface area contributed by atoms with Crippen molar-refractivity contribution in [2.45, 2.75) is 65.0 Å². The van der Waals surface area contributed by atoms with Gasteiger partial charge in [-0.2, -0.15) is 0 Å². The van der Waals surface area contributed by atoms with Gasteiger partial charge in [-0.05, 0) is 62.3 Å². The lowest BCUT2D eigenvalue weighted by molar-refractivity contribution is -0.160. The van der Waals surface area contributed by atoms with Crippen LogP contribution in [0.2, 0.25) is 0 Å². The molecule has 4 atom stereocenters. The molecule has 0 bridgehead atoms. The van der Waals surface area contributed by atoms with Crippen LogP contribution in [0.25, 0.3) is 0 Å². The summed E-state index contributed by atoms with van der Waals surface area (Å²) < 4.78 is 18.5. The monoisotopic (exact) mass is 432 g/mol. The number of esters is 1. The minimum atomic E-state index is -0.837. The van der Waals surface area contributed by atoms with Crippen LogP contribution in [0.3, 0.4) is 0 Å². The summed E-state index contributed by atoms with van der Waals surface area (Å²) in [6, 6.07) is 5.58. The van der Waals surface area contributed by atoms with Crippen LogP contribution in [0.5, 0.6) is 0 Å². The Bertz CT molecular complexity index is 789. The molecule has 0 unspecified atom stereocenters. The number of piperidine rings is 1. The molecule has 1 aromatic carbocycles. The zero-order valence-electron chi connectivity index (χ0n) is 18.6. The number of hydrogen-bond donors (Lipinski definition) is 1. The second kappa shape index (κ2) is 10.2. The number of hydrogen-bond acceptors (Lipinski definition) is 4. The Kier molecular flexibility index (Phi) is 7.68. The molecule has 1 saturated heterocycles. The van der Waals surface area contributed by atoms with E-state index in [4.69, 9.17) is 4.74 Å². The number of ether oxygens (including phenoxy) is 1. The van der Waals surface area contributed by atoms with E-state index in [9.17, 15) is 18.8 Å². The van der Waals surface area contributed by atoms with Crippen molar-refractivity contribution in [1.29, 1.82) is 0 Å². The summed E-state index contributed by atoms with van der Waals surface area (Å²) in [5, 5.41) is 3.06. The standard InChI is InChI=1S/C24H33FN2O4/c1-15-5-4-6-21(16(15)2)26-22(28)17(3)31-24(30)19-11-13-27(14-12-19)23(29)18-7-9-20(25)10-8-18/h7-10,15-17,19,21H,4-6,11-14H2,1-3H3,(H,26,28)/t15-,16+,17+,21-/m0/s1. The third-order valence-electron chi connectivity index (χ3n) is 6.90. The first kappa shape index (κ1) is 23.2. The van der Waals surface area contributed by atoms with Crippen molar-refractivity contribution in [3.63, 3.8) is 0 Å². The molecule has 0 spiro atoms. The summed E-state index contributed by atoms with van der Waals surface area (Å²) >= 11 is 0. The third-order valence-corrected chi connectivity index (χ3v) is 6.90. The molecule has 1 aromatic rings. The molecule has 1 N–H and O–H groups in total. The molecule has 1 aliphatic carbocycles. The molecule has 1 heterocycles. The highest BCUT2D eigenvalue weighted by Crippen LogP contribution is 2.29. The first-order valence-electron chi connectivity index (χ1n) is 11.3. The number of carbonyl (C=O) groups excluding carboxylic acids is 3. The Morgan fingerprint density at radius 3 is 2.35 bits per heavy atom. The van der Waals surface area contributed by atoms with Crippen molar-refractivity contribution in [2.75, 3.05) is 13.1 Å². The molecule has 6 nitrogen and oxygen atoms in total. The van der Waals surface area contributed by atoms with Crippen LogP contribution in [0.15, 0.2) is 24.3 Å². The average molecular weight is 433 g/mol. The number of amides is 2. The number of halogens is 1. The van der Waals surface area contributed by atoms with Crippen LogP contribution >= 0.6 is 0 Å². The van der Waals surface area contributed by atoms with E-state index in [0.717, 1.165) is 12.8 Å². The fourth-order valence-electron chi connectivity index (χ4n) is 4.50. The van der Waals surface area contributed by atoms with Gasteiger partial charge in [0.05, 0.1) is 5.92 Å². The van der Waals surface area contributed by atoms with Gasteiger partial charge < -0.3 is 15.0 Å². The van der Waals surface area contributed by atoms with Crippen LogP contribution in [0, 0.1) is 23.6 Å². The summed E-state index contributed by atoms with van der Waals surface area (Å²) in [5.41, 5.74) is 0.430. The van der Waals surface area contributed by atoms with Gasteiger partial charge in [0.25, 0.3) is 11.8 Å². The molecule has 1 aliphatic heterocycles. The normalized spacial score (nSPS) is 25.5. The Morgan fingerprint density at radius 1 is 1.06 bits per heavy atom. The number of nitrogens with zero attached hydrogens (tertiary/aromatic N) is 1. The first-order valence-corrected chi connectivity index (χ1v) is 11.3. The minimum absolute atomic E-state index is 0.123. The number of nitrogens with one attached hydrogen (secondary N) is 1. The van der Waals surface area contributed by atoms with Crippen LogP contribution in [-0.2, 0) is 14.3 Å². The zero-order valence-corrected chi connectivity index (χ0v) is 18.6. The van der Waals surface area contributed by atoms with Crippen molar-refractivity contribution in [1.82, 2.24) is 10.2 Å². The smallest absolute Gasteiger partial charge is 0.309 e. The Morgan fingerprint density at radius 2 is 1.71 bits per heavy atom. The van der Waals surface area contributed by atoms with Gasteiger partial charge in [0.2, 0.25) is 0 Å². The molecule has 2 fully saturated rings. The van der Waals surface area contributed by atoms with E-state index in [2.05, 4.69) is 19.2 Å². The maximum Gasteiger partial charge on any atom is 0.309 e. The maximum atomic E-state index is 13.1. The molecule has 31 heavy (non-hydrogen) atoms. The Hall–Kier alpha value is -2.44. The fourth-order valence-corrected chi connectivity index (χ4v) is 4.50. The van der Waals surface area contributed by atoms with Crippen molar-refractivity contribution >= 4 is 17.8 Å². The van der Waals surface area contributed by atoms with Crippen molar-refractivity contribution in [2.24, 2.45) is 17.8 Å². The Balaban J connectivity index is 1.45. The molecule has 170 valence electrons. The first-order chi connectivity index (χ1) is 14.8. The van der Waals surface area contributed by atoms with Crippen LogP contribution in [0.1, 0.15) is 63.2 Å². The molecule has 0 aromatic heterocycles. The summed E-state index contributed by atoms with van der Waals surface area (Å²) in [7, 11) is 0. The number of rotatable bonds is 5. The van der Waals surface area contributed by atoms with Crippen molar-refractivity contribution < 1.29 is 23.5 Å². The molecule has 2 aliphatic rings. The average Bonchev–Trinajstić information content (AvgIpc) is 2.77. The highest BCUT2D eigenvalue weighted by molar-refractivity contribution is 5.94. The molecular formula is C24H33FN2O4. The van der Waals surface area contributed by atoms with E-state index in [-0.39, 0.29) is 35.6 Å². The van der Waals surface area contributed by atoms with Crippen LogP contribution < -0.4 is 5.32 Å². The lowest BCUT2D eigenvalue weighted by atomic mass is 9.78. The molecule has 0 radical (unpaired) electrons. The minimum Gasteiger partial charge on any atom is -0.452 e. The molecule has 3 rings (SSSR count). The lowest BCUT2D eigenvalue weighted by Crippen LogP contribution is -2.48. The van der Waals surface area contributed by atoms with Crippen LogP contribution in [-0.4, -0.2) is 47.9 Å². The van der Waals surface area contributed by atoms with E-state index in [0.29, 0.717) is 43.3 Å². The quantitative estimate of drug-likeness (QED) is 0.722. The molecular weight excluding hydrogens is 399 g/mol.